The summed E-state index contributed by atoms with van der Waals surface area (Å²) in [7, 11) is -2.03. The van der Waals surface area contributed by atoms with Gasteiger partial charge in [0.25, 0.3) is 10.0 Å². The summed E-state index contributed by atoms with van der Waals surface area (Å²) in [6.07, 6.45) is -4.92. The number of nitrogens with one attached hydrogen (secondary N) is 1. The summed E-state index contributed by atoms with van der Waals surface area (Å²) in [4.78, 5) is 17.1. The molecule has 3 atom stereocenters. The number of carbonyl (C=O) groups is 1. The number of aliphatic hydroxyl groups is 1. The maximum atomic E-state index is 13.4. The minimum Gasteiger partial charge on any atom is -0.488 e. The van der Waals surface area contributed by atoms with Crippen molar-refractivity contribution in [3.63, 3.8) is 0 Å². The van der Waals surface area contributed by atoms with Gasteiger partial charge in [-0.1, -0.05) is 37.3 Å². The van der Waals surface area contributed by atoms with Crippen molar-refractivity contribution in [3.05, 3.63) is 89.5 Å². The van der Waals surface area contributed by atoms with Crippen LogP contribution in [0.3, 0.4) is 0 Å². The van der Waals surface area contributed by atoms with Gasteiger partial charge in [0.2, 0.25) is 5.91 Å². The molecular weight excluding hydrogens is 583 g/mol. The third-order valence-electron chi connectivity index (χ3n) is 7.45. The molecule has 0 aliphatic carbocycles. The Morgan fingerprint density at radius 3 is 2.40 bits per heavy atom. The van der Waals surface area contributed by atoms with E-state index in [2.05, 4.69) is 4.72 Å². The van der Waals surface area contributed by atoms with E-state index in [4.69, 9.17) is 4.74 Å². The quantitative estimate of drug-likeness (QED) is 0.358. The van der Waals surface area contributed by atoms with Gasteiger partial charge in [-0.2, -0.15) is 13.2 Å². The number of carbonyl (C=O) groups excluding carboxylic acids is 1. The average molecular weight is 620 g/mol. The molecule has 3 aromatic carbocycles. The van der Waals surface area contributed by atoms with E-state index in [0.29, 0.717) is 36.5 Å². The monoisotopic (exact) mass is 619 g/mol. The van der Waals surface area contributed by atoms with E-state index in [1.807, 2.05) is 18.9 Å². The third kappa shape index (κ3) is 8.27. The lowest BCUT2D eigenvalue weighted by Crippen LogP contribution is -2.47. The number of hydrogen-bond acceptors (Lipinski definition) is 6. The Morgan fingerprint density at radius 1 is 1.09 bits per heavy atom. The van der Waals surface area contributed by atoms with Gasteiger partial charge in [0.05, 0.1) is 29.5 Å². The third-order valence-corrected chi connectivity index (χ3v) is 8.84. The molecule has 3 aromatic rings. The summed E-state index contributed by atoms with van der Waals surface area (Å²) < 4.78 is 73.8. The summed E-state index contributed by atoms with van der Waals surface area (Å²) >= 11 is 0. The molecule has 2 N–H and O–H groups in total. The first kappa shape index (κ1) is 32.3. The predicted molar refractivity (Wildman–Crippen MR) is 157 cm³/mol. The van der Waals surface area contributed by atoms with Crippen molar-refractivity contribution in [1.29, 1.82) is 0 Å². The van der Waals surface area contributed by atoms with Crippen LogP contribution < -0.4 is 9.46 Å². The highest BCUT2D eigenvalue weighted by atomic mass is 32.2. The number of rotatable bonds is 9. The Bertz CT molecular complexity index is 1500. The molecule has 1 aliphatic rings. The molecule has 1 heterocycles. The smallest absolute Gasteiger partial charge is 0.416 e. The van der Waals surface area contributed by atoms with E-state index in [1.165, 1.54) is 24.3 Å². The van der Waals surface area contributed by atoms with Gasteiger partial charge in [0, 0.05) is 36.8 Å². The van der Waals surface area contributed by atoms with E-state index in [-0.39, 0.29) is 35.4 Å². The first-order chi connectivity index (χ1) is 20.3. The van der Waals surface area contributed by atoms with E-state index < -0.39 is 33.9 Å². The van der Waals surface area contributed by atoms with Crippen LogP contribution in [0.5, 0.6) is 5.75 Å². The fourth-order valence-corrected chi connectivity index (χ4v) is 6.08. The van der Waals surface area contributed by atoms with Gasteiger partial charge in [-0.15, -0.1) is 0 Å². The summed E-state index contributed by atoms with van der Waals surface area (Å²) in [6, 6.07) is 17.3. The van der Waals surface area contributed by atoms with Gasteiger partial charge in [-0.3, -0.25) is 14.4 Å². The van der Waals surface area contributed by atoms with E-state index in [0.717, 1.165) is 12.1 Å². The molecule has 232 valence electrons. The molecule has 4 rings (SSSR count). The van der Waals surface area contributed by atoms with Gasteiger partial charge in [0.15, 0.2) is 0 Å². The summed E-state index contributed by atoms with van der Waals surface area (Å²) in [5.41, 5.74) is 0.742. The van der Waals surface area contributed by atoms with E-state index in [1.54, 1.807) is 48.2 Å². The summed E-state index contributed by atoms with van der Waals surface area (Å²) in [5.74, 6) is 0.00424. The number of ether oxygens (including phenoxy) is 1. The molecule has 0 bridgehead atoms. The number of benzene rings is 3. The normalized spacial score (nSPS) is 18.7. The molecular formula is C31H36F3N3O5S. The Morgan fingerprint density at radius 2 is 1.77 bits per heavy atom. The van der Waals surface area contributed by atoms with Crippen LogP contribution >= 0.6 is 0 Å². The predicted octanol–water partition coefficient (Wildman–Crippen LogP) is 4.79. The maximum Gasteiger partial charge on any atom is 0.416 e. The molecule has 1 amide bonds. The van der Waals surface area contributed by atoms with Crippen LogP contribution in [0.4, 0.5) is 18.9 Å². The van der Waals surface area contributed by atoms with Gasteiger partial charge in [-0.05, 0) is 62.0 Å². The Kier molecular flexibility index (Phi) is 10.0. The van der Waals surface area contributed by atoms with Gasteiger partial charge < -0.3 is 14.7 Å². The molecule has 0 fully saturated rings. The SMILES string of the molecule is C[C@H]1CN([C@@H](C)CO)C(=O)Cc2cc(NS(=O)(=O)c3ccccc3)ccc2O[C@@H]1CN(C)Cc1ccc(C(F)(F)F)cc1. The lowest BCUT2D eigenvalue weighted by atomic mass is 10.0. The number of sulfonamides is 1. The van der Waals surface area contributed by atoms with Gasteiger partial charge in [0.1, 0.15) is 11.9 Å². The van der Waals surface area contributed by atoms with Crippen molar-refractivity contribution in [2.24, 2.45) is 5.92 Å². The van der Waals surface area contributed by atoms with Crippen LogP contribution in [0.1, 0.15) is 30.5 Å². The van der Waals surface area contributed by atoms with Crippen molar-refractivity contribution in [1.82, 2.24) is 9.80 Å². The molecule has 0 spiro atoms. The molecule has 8 nitrogen and oxygen atoms in total. The standard InChI is InChI=1S/C31H36F3N3O5S/c1-21-17-37(22(2)20-38)30(39)16-24-15-26(35-43(40,41)27-7-5-4-6-8-27)13-14-28(24)42-29(21)19-36(3)18-23-9-11-25(12-10-23)31(32,33)34/h4-15,21-22,29,35,38H,16-20H2,1-3H3/t21-,22-,29+/m0/s1. The minimum atomic E-state index is -4.41. The molecule has 12 heteroatoms. The zero-order valence-electron chi connectivity index (χ0n) is 24.2. The first-order valence-electron chi connectivity index (χ1n) is 13.9. The van der Waals surface area contributed by atoms with Crippen molar-refractivity contribution < 1.29 is 36.2 Å². The van der Waals surface area contributed by atoms with E-state index >= 15 is 0 Å². The number of nitrogens with zero attached hydrogens (tertiary/aromatic N) is 2. The van der Waals surface area contributed by atoms with Crippen molar-refractivity contribution in [2.45, 2.75) is 50.0 Å². The topological polar surface area (TPSA) is 99.2 Å². The van der Waals surface area contributed by atoms with Crippen molar-refractivity contribution in [3.8, 4) is 5.75 Å². The number of fused-ring (bicyclic) bond motifs is 1. The number of halogens is 3. The Labute approximate surface area is 250 Å². The fraction of sp³-hybridized carbons (Fsp3) is 0.387. The summed E-state index contributed by atoms with van der Waals surface area (Å²) in [5, 5.41) is 9.86. The molecule has 0 radical (unpaired) electrons. The van der Waals surface area contributed by atoms with E-state index in [9.17, 15) is 31.5 Å². The van der Waals surface area contributed by atoms with Gasteiger partial charge >= 0.3 is 6.18 Å². The zero-order valence-corrected chi connectivity index (χ0v) is 25.0. The number of amides is 1. The number of hydrogen-bond donors (Lipinski definition) is 2. The van der Waals surface area contributed by atoms with Crippen molar-refractivity contribution >= 4 is 21.6 Å². The highest BCUT2D eigenvalue weighted by Gasteiger charge is 2.32. The lowest BCUT2D eigenvalue weighted by Gasteiger charge is -2.34. The Hall–Kier alpha value is -3.61. The Balaban J connectivity index is 1.60. The number of aliphatic hydroxyl groups excluding tert-OH is 1. The minimum absolute atomic E-state index is 0.0680. The first-order valence-corrected chi connectivity index (χ1v) is 15.4. The van der Waals surface area contributed by atoms with Crippen LogP contribution in [0.15, 0.2) is 77.7 Å². The second kappa shape index (κ2) is 13.4. The number of alkyl halides is 3. The number of likely N-dealkylation sites (N-methyl/N-ethyl adjacent to an activating group) is 1. The molecule has 0 unspecified atom stereocenters. The van der Waals surface area contributed by atoms with Crippen LogP contribution in [0.25, 0.3) is 0 Å². The number of anilines is 1. The van der Waals surface area contributed by atoms with Crippen molar-refractivity contribution in [2.75, 3.05) is 31.5 Å². The largest absolute Gasteiger partial charge is 0.488 e. The highest BCUT2D eigenvalue weighted by molar-refractivity contribution is 7.92. The summed E-state index contributed by atoms with van der Waals surface area (Å²) in [6.45, 7) is 4.52. The maximum absolute atomic E-state index is 13.4. The second-order valence-corrected chi connectivity index (χ2v) is 12.7. The lowest BCUT2D eigenvalue weighted by molar-refractivity contribution is -0.137. The second-order valence-electron chi connectivity index (χ2n) is 11.0. The van der Waals surface area contributed by atoms with Crippen LogP contribution in [0.2, 0.25) is 0 Å². The molecule has 43 heavy (non-hydrogen) atoms. The fourth-order valence-electron chi connectivity index (χ4n) is 5.01. The van der Waals surface area contributed by atoms with Crippen LogP contribution in [0, 0.1) is 5.92 Å². The highest BCUT2D eigenvalue weighted by Crippen LogP contribution is 2.31. The van der Waals surface area contributed by atoms with Crippen LogP contribution in [-0.4, -0.2) is 68.1 Å². The van der Waals surface area contributed by atoms with Gasteiger partial charge in [-0.25, -0.2) is 8.42 Å². The molecule has 0 saturated heterocycles. The average Bonchev–Trinajstić information content (AvgIpc) is 3.00. The molecule has 0 saturated carbocycles. The molecule has 1 aliphatic heterocycles. The molecule has 0 aromatic heterocycles. The zero-order chi connectivity index (χ0) is 31.4. The van der Waals surface area contributed by atoms with Crippen LogP contribution in [-0.2, 0) is 34.0 Å².